The minimum absolute atomic E-state index is 0.0169. The van der Waals surface area contributed by atoms with Gasteiger partial charge in [-0.15, -0.1) is 0 Å². The maximum Gasteiger partial charge on any atom is 0.173 e. The summed E-state index contributed by atoms with van der Waals surface area (Å²) in [5.41, 5.74) is 0. The van der Waals surface area contributed by atoms with E-state index in [1.807, 2.05) is 0 Å². The smallest absolute Gasteiger partial charge is 0.173 e. The highest BCUT2D eigenvalue weighted by Gasteiger charge is 2.16. The molecule has 0 spiro atoms. The molecule has 0 aromatic carbocycles. The Kier molecular flexibility index (Phi) is 4.55. The minimum atomic E-state index is -2.03. The van der Waals surface area contributed by atoms with Crippen LogP contribution in [0.15, 0.2) is 0 Å². The van der Waals surface area contributed by atoms with Crippen LogP contribution in [0, 0.1) is 0 Å². The van der Waals surface area contributed by atoms with Crippen LogP contribution >= 0.6 is 0 Å². The second kappa shape index (κ2) is 5.47. The van der Waals surface area contributed by atoms with Crippen molar-refractivity contribution in [1.82, 2.24) is 0 Å². The molecule has 1 aliphatic rings. The summed E-state index contributed by atoms with van der Waals surface area (Å²) in [6.45, 7) is -0.0169. The van der Waals surface area contributed by atoms with Crippen LogP contribution in [-0.4, -0.2) is 33.0 Å². The van der Waals surface area contributed by atoms with Crippen molar-refractivity contribution >= 4 is 16.9 Å². The summed E-state index contributed by atoms with van der Waals surface area (Å²) in [7, 11) is 0. The third kappa shape index (κ3) is 4.50. The number of carbonyl (C=O) groups is 1. The van der Waals surface area contributed by atoms with Gasteiger partial charge in [-0.3, -0.25) is 4.79 Å². The molecule has 0 aliphatic heterocycles. The number of rotatable bonds is 5. The SMILES string of the molecule is O=C(COC1CCCC1)CS(=O)O. The molecule has 1 saturated carbocycles. The summed E-state index contributed by atoms with van der Waals surface area (Å²) in [4.78, 5) is 10.9. The fourth-order valence-electron chi connectivity index (χ4n) is 1.45. The van der Waals surface area contributed by atoms with Crippen molar-refractivity contribution in [3.63, 3.8) is 0 Å². The van der Waals surface area contributed by atoms with E-state index in [2.05, 4.69) is 0 Å². The van der Waals surface area contributed by atoms with E-state index in [1.165, 1.54) is 0 Å². The van der Waals surface area contributed by atoms with Crippen molar-refractivity contribution in [3.05, 3.63) is 0 Å². The lowest BCUT2D eigenvalue weighted by molar-refractivity contribution is -0.122. The summed E-state index contributed by atoms with van der Waals surface area (Å²) >= 11 is -2.03. The molecule has 76 valence electrons. The molecule has 0 amide bonds. The molecular weight excluding hydrogens is 192 g/mol. The van der Waals surface area contributed by atoms with E-state index in [-0.39, 0.29) is 24.2 Å². The molecular formula is C8H14O4S. The van der Waals surface area contributed by atoms with Gasteiger partial charge < -0.3 is 9.29 Å². The monoisotopic (exact) mass is 206 g/mol. The van der Waals surface area contributed by atoms with Gasteiger partial charge in [0.15, 0.2) is 16.9 Å². The number of ketones is 1. The number of carbonyl (C=O) groups excluding carboxylic acids is 1. The van der Waals surface area contributed by atoms with Crippen molar-refractivity contribution in [2.75, 3.05) is 12.4 Å². The predicted molar refractivity (Wildman–Crippen MR) is 48.9 cm³/mol. The highest BCUT2D eigenvalue weighted by atomic mass is 32.2. The van der Waals surface area contributed by atoms with E-state index < -0.39 is 11.1 Å². The highest BCUT2D eigenvalue weighted by molar-refractivity contribution is 7.80. The van der Waals surface area contributed by atoms with E-state index in [1.54, 1.807) is 0 Å². The van der Waals surface area contributed by atoms with Gasteiger partial charge in [-0.05, 0) is 12.8 Å². The molecule has 0 saturated heterocycles. The molecule has 0 heterocycles. The van der Waals surface area contributed by atoms with Crippen LogP contribution in [0.3, 0.4) is 0 Å². The van der Waals surface area contributed by atoms with E-state index in [4.69, 9.17) is 9.29 Å². The average molecular weight is 206 g/mol. The summed E-state index contributed by atoms with van der Waals surface area (Å²) < 4.78 is 23.9. The summed E-state index contributed by atoms with van der Waals surface area (Å²) in [5, 5.41) is 0. The van der Waals surface area contributed by atoms with Gasteiger partial charge in [0.05, 0.1) is 6.10 Å². The van der Waals surface area contributed by atoms with Gasteiger partial charge in [-0.2, -0.15) is 0 Å². The van der Waals surface area contributed by atoms with Crippen molar-refractivity contribution in [2.24, 2.45) is 0 Å². The Balaban J connectivity index is 2.10. The van der Waals surface area contributed by atoms with Gasteiger partial charge in [0, 0.05) is 0 Å². The molecule has 13 heavy (non-hydrogen) atoms. The Morgan fingerprint density at radius 2 is 2.08 bits per heavy atom. The zero-order valence-corrected chi connectivity index (χ0v) is 8.22. The minimum Gasteiger partial charge on any atom is -0.370 e. The molecule has 0 bridgehead atoms. The van der Waals surface area contributed by atoms with E-state index >= 15 is 0 Å². The maximum atomic E-state index is 10.9. The third-order valence-corrected chi connectivity index (χ3v) is 2.64. The quantitative estimate of drug-likeness (QED) is 0.674. The summed E-state index contributed by atoms with van der Waals surface area (Å²) in [6.07, 6.45) is 4.52. The van der Waals surface area contributed by atoms with Crippen molar-refractivity contribution in [1.29, 1.82) is 0 Å². The summed E-state index contributed by atoms with van der Waals surface area (Å²) in [5.74, 6) is -0.611. The van der Waals surface area contributed by atoms with Crippen LogP contribution in [0.2, 0.25) is 0 Å². The Labute approximate surface area is 79.9 Å². The van der Waals surface area contributed by atoms with Crippen LogP contribution in [-0.2, 0) is 20.6 Å². The van der Waals surface area contributed by atoms with Gasteiger partial charge in [0.1, 0.15) is 12.4 Å². The lowest BCUT2D eigenvalue weighted by Crippen LogP contribution is -2.20. The highest BCUT2D eigenvalue weighted by Crippen LogP contribution is 2.20. The number of hydrogen-bond donors (Lipinski definition) is 1. The zero-order valence-electron chi connectivity index (χ0n) is 7.40. The molecule has 5 heteroatoms. The van der Waals surface area contributed by atoms with E-state index in [0.29, 0.717) is 0 Å². The molecule has 1 fully saturated rings. The van der Waals surface area contributed by atoms with Gasteiger partial charge in [-0.25, -0.2) is 4.21 Å². The number of hydrogen-bond acceptors (Lipinski definition) is 3. The van der Waals surface area contributed by atoms with Crippen LogP contribution in [0.25, 0.3) is 0 Å². The molecule has 0 aromatic rings. The van der Waals surface area contributed by atoms with Gasteiger partial charge in [-0.1, -0.05) is 12.8 Å². The van der Waals surface area contributed by atoms with Crippen molar-refractivity contribution in [3.8, 4) is 0 Å². The predicted octanol–water partition coefficient (Wildman–Crippen LogP) is 0.736. The van der Waals surface area contributed by atoms with Crippen LogP contribution < -0.4 is 0 Å². The Morgan fingerprint density at radius 1 is 1.46 bits per heavy atom. The molecule has 4 nitrogen and oxygen atoms in total. The van der Waals surface area contributed by atoms with Gasteiger partial charge >= 0.3 is 0 Å². The van der Waals surface area contributed by atoms with Crippen LogP contribution in [0.4, 0.5) is 0 Å². The van der Waals surface area contributed by atoms with Gasteiger partial charge in [0.25, 0.3) is 0 Å². The lowest BCUT2D eigenvalue weighted by atomic mass is 10.3. The molecule has 1 unspecified atom stereocenters. The maximum absolute atomic E-state index is 10.9. The average Bonchev–Trinajstić information content (AvgIpc) is 2.51. The standard InChI is InChI=1S/C8H14O4S/c9-7(6-13(10)11)5-12-8-3-1-2-4-8/h8H,1-6H2,(H,10,11). The number of Topliss-reactive ketones (excluding diaryl/α,β-unsaturated/α-hetero) is 1. The largest absolute Gasteiger partial charge is 0.370 e. The molecule has 1 aliphatic carbocycles. The first-order valence-electron chi connectivity index (χ1n) is 4.39. The Morgan fingerprint density at radius 3 is 2.62 bits per heavy atom. The van der Waals surface area contributed by atoms with E-state index in [0.717, 1.165) is 25.7 Å². The fraction of sp³-hybridized carbons (Fsp3) is 0.875. The molecule has 1 atom stereocenters. The normalized spacial score (nSPS) is 20.4. The Hall–Kier alpha value is -0.260. The first kappa shape index (κ1) is 10.8. The molecule has 0 radical (unpaired) electrons. The first-order chi connectivity index (χ1) is 6.18. The molecule has 1 N–H and O–H groups in total. The van der Waals surface area contributed by atoms with Gasteiger partial charge in [0.2, 0.25) is 0 Å². The number of ether oxygens (including phenoxy) is 1. The third-order valence-electron chi connectivity index (χ3n) is 2.07. The van der Waals surface area contributed by atoms with E-state index in [9.17, 15) is 9.00 Å². The Bertz CT molecular complexity index is 198. The fourth-order valence-corrected chi connectivity index (χ4v) is 1.80. The van der Waals surface area contributed by atoms with Crippen LogP contribution in [0.5, 0.6) is 0 Å². The first-order valence-corrected chi connectivity index (χ1v) is 5.67. The van der Waals surface area contributed by atoms with Crippen molar-refractivity contribution in [2.45, 2.75) is 31.8 Å². The molecule has 1 rings (SSSR count). The topological polar surface area (TPSA) is 63.6 Å². The van der Waals surface area contributed by atoms with Crippen molar-refractivity contribution < 1.29 is 18.3 Å². The molecule has 0 aromatic heterocycles. The second-order valence-electron chi connectivity index (χ2n) is 3.22. The zero-order chi connectivity index (χ0) is 9.68. The summed E-state index contributed by atoms with van der Waals surface area (Å²) in [6, 6.07) is 0. The van der Waals surface area contributed by atoms with Crippen LogP contribution in [0.1, 0.15) is 25.7 Å². The lowest BCUT2D eigenvalue weighted by Gasteiger charge is -2.08. The second-order valence-corrected chi connectivity index (χ2v) is 4.15.